The van der Waals surface area contributed by atoms with Crippen LogP contribution >= 0.6 is 24.5 Å². The van der Waals surface area contributed by atoms with Gasteiger partial charge in [0.15, 0.2) is 0 Å². The number of benzene rings is 6. The fraction of sp³-hybridized carbons (Fsp3) is 0. The van der Waals surface area contributed by atoms with Gasteiger partial charge in [-0.3, -0.25) is 0 Å². The van der Waals surface area contributed by atoms with E-state index in [1.165, 1.54) is 0 Å². The maximum absolute atomic E-state index is 16.6. The quantitative estimate of drug-likeness (QED) is 0.118. The normalized spacial score (nSPS) is 12.4. The number of rotatable bonds is 8. The SMILES string of the molecule is O=C([P+](c1ccccc1)(c1ccccc1)c1ccccc1)P(Cl)(c1ccccc1)(c1ccccc1)c1ccccc1.[Rh]. The number of halogens is 1. The van der Waals surface area contributed by atoms with Crippen LogP contribution in [0.15, 0.2) is 182 Å². The summed E-state index contributed by atoms with van der Waals surface area (Å²) in [5.74, 6) is -4.37. The summed E-state index contributed by atoms with van der Waals surface area (Å²) in [6, 6.07) is 60.9. The van der Waals surface area contributed by atoms with Crippen LogP contribution in [0.25, 0.3) is 0 Å². The Labute approximate surface area is 266 Å². The molecule has 0 spiro atoms. The molecule has 0 unspecified atom stereocenters. The van der Waals surface area contributed by atoms with E-state index < -0.39 is 13.2 Å². The molecule has 1 nitrogen and oxygen atoms in total. The van der Waals surface area contributed by atoms with Crippen LogP contribution in [0.5, 0.6) is 0 Å². The Balaban J connectivity index is 0.00000353. The molecule has 0 heterocycles. The zero-order valence-electron chi connectivity index (χ0n) is 22.8. The van der Waals surface area contributed by atoms with Gasteiger partial charge in [-0.25, -0.2) is 0 Å². The number of carbonyl (C=O) groups excluding carboxylic acids is 1. The van der Waals surface area contributed by atoms with Crippen LogP contribution in [0.3, 0.4) is 0 Å². The molecule has 0 fully saturated rings. The van der Waals surface area contributed by atoms with Gasteiger partial charge in [0.25, 0.3) is 0 Å². The van der Waals surface area contributed by atoms with Crippen molar-refractivity contribution >= 4 is 61.6 Å². The summed E-state index contributed by atoms with van der Waals surface area (Å²) in [5.41, 5.74) is 0. The van der Waals surface area contributed by atoms with Crippen LogP contribution in [0, 0.1) is 0 Å². The van der Waals surface area contributed by atoms with Crippen molar-refractivity contribution < 1.29 is 24.3 Å². The Bertz CT molecular complexity index is 1560. The average Bonchev–Trinajstić information content (AvgIpc) is 3.07. The minimum absolute atomic E-state index is 0. The molecule has 209 valence electrons. The molecule has 5 heteroatoms. The summed E-state index contributed by atoms with van der Waals surface area (Å²) >= 11 is 8.57. The molecule has 0 atom stereocenters. The fourth-order valence-corrected chi connectivity index (χ4v) is 19.5. The smallest absolute Gasteiger partial charge is 0 e. The van der Waals surface area contributed by atoms with E-state index in [0.29, 0.717) is 0 Å². The molecule has 0 aromatic heterocycles. The summed E-state index contributed by atoms with van der Waals surface area (Å²) in [6.07, 6.45) is 0. The van der Waals surface area contributed by atoms with Crippen molar-refractivity contribution in [3.8, 4) is 0 Å². The van der Waals surface area contributed by atoms with Gasteiger partial charge in [-0.05, 0) is 0 Å². The Morgan fingerprint density at radius 3 is 0.857 bits per heavy atom. The first-order valence-corrected chi connectivity index (χ1v) is 18.6. The average molecular weight is 691 g/mol. The standard InChI is InChI=1S/C37H30ClOP2.Rh/c38-41(34-25-13-4-14-26-34,35-27-15-5-16-28-35,36-29-17-6-18-30-36)37(39)40(31-19-7-1-8-20-31,32-21-9-2-10-22-32)33-23-11-3-12-24-33;/h1-30H;/q+1;. The van der Waals surface area contributed by atoms with Crippen LogP contribution < -0.4 is 31.8 Å². The molecule has 0 saturated carbocycles. The topological polar surface area (TPSA) is 17.1 Å². The van der Waals surface area contributed by atoms with E-state index in [1.807, 2.05) is 146 Å². The molecule has 0 N–H and O–H groups in total. The van der Waals surface area contributed by atoms with E-state index in [0.717, 1.165) is 31.8 Å². The molecule has 0 aliphatic rings. The molecule has 6 aromatic carbocycles. The maximum Gasteiger partial charge on any atom is 0 e. The van der Waals surface area contributed by atoms with Gasteiger partial charge in [-0.2, -0.15) is 0 Å². The number of carbonyl (C=O) groups is 1. The van der Waals surface area contributed by atoms with Gasteiger partial charge >= 0.3 is 248 Å². The Hall–Kier alpha value is -3.24. The largest absolute Gasteiger partial charge is 0 e. The second kappa shape index (κ2) is 12.6. The fourth-order valence-electron chi connectivity index (χ4n) is 5.92. The van der Waals surface area contributed by atoms with Crippen molar-refractivity contribution in [2.24, 2.45) is 0 Å². The van der Waals surface area contributed by atoms with Crippen molar-refractivity contribution in [2.45, 2.75) is 0 Å². The minimum Gasteiger partial charge on any atom is 0 e. The summed E-state index contributed by atoms with van der Waals surface area (Å²) in [5, 5.41) is 5.55. The number of hydrogen-bond donors (Lipinski definition) is 0. The zero-order valence-corrected chi connectivity index (χ0v) is 27.0. The van der Waals surface area contributed by atoms with Gasteiger partial charge in [0.1, 0.15) is 0 Å². The summed E-state index contributed by atoms with van der Waals surface area (Å²) in [7, 11) is -3.04. The number of hydrogen-bond acceptors (Lipinski definition) is 1. The van der Waals surface area contributed by atoms with E-state index in [4.69, 9.17) is 11.2 Å². The summed E-state index contributed by atoms with van der Waals surface area (Å²) in [6.45, 7) is 0. The van der Waals surface area contributed by atoms with Gasteiger partial charge in [0, 0.05) is 19.5 Å². The molecule has 1 radical (unpaired) electrons. The third-order valence-corrected chi connectivity index (χ3v) is 20.8. The third-order valence-electron chi connectivity index (χ3n) is 7.80. The van der Waals surface area contributed by atoms with E-state index in [9.17, 15) is 0 Å². The second-order valence-corrected chi connectivity index (χ2v) is 19.6. The predicted octanol–water partition coefficient (Wildman–Crippen LogP) is 7.78. The Morgan fingerprint density at radius 1 is 0.405 bits per heavy atom. The molecule has 0 bridgehead atoms. The van der Waals surface area contributed by atoms with E-state index in [1.54, 1.807) is 0 Å². The first-order valence-electron chi connectivity index (χ1n) is 13.6. The Morgan fingerprint density at radius 2 is 0.619 bits per heavy atom. The first-order chi connectivity index (χ1) is 20.1. The summed E-state index contributed by atoms with van der Waals surface area (Å²) < 4.78 is 0. The molecule has 0 saturated heterocycles. The second-order valence-electron chi connectivity index (χ2n) is 9.98. The van der Waals surface area contributed by atoms with Crippen LogP contribution in [-0.2, 0) is 19.5 Å². The van der Waals surface area contributed by atoms with Crippen molar-refractivity contribution in [1.29, 1.82) is 0 Å². The molecular formula is C37H30ClOP2Rh+. The van der Waals surface area contributed by atoms with Crippen LogP contribution in [0.2, 0.25) is 0 Å². The van der Waals surface area contributed by atoms with Crippen LogP contribution in [0.1, 0.15) is 0 Å². The van der Waals surface area contributed by atoms with Crippen molar-refractivity contribution in [3.63, 3.8) is 0 Å². The van der Waals surface area contributed by atoms with Crippen molar-refractivity contribution in [1.82, 2.24) is 0 Å². The molecule has 6 rings (SSSR count). The zero-order chi connectivity index (χ0) is 28.2. The van der Waals surface area contributed by atoms with Gasteiger partial charge in [0.2, 0.25) is 0 Å². The molecule has 42 heavy (non-hydrogen) atoms. The maximum atomic E-state index is 16.6. The van der Waals surface area contributed by atoms with Crippen molar-refractivity contribution in [2.75, 3.05) is 0 Å². The van der Waals surface area contributed by atoms with Gasteiger partial charge in [-0.1, -0.05) is 0 Å². The third kappa shape index (κ3) is 4.63. The van der Waals surface area contributed by atoms with Gasteiger partial charge < -0.3 is 0 Å². The molecule has 0 aliphatic heterocycles. The minimum atomic E-state index is -4.37. The van der Waals surface area contributed by atoms with E-state index in [-0.39, 0.29) is 24.7 Å². The monoisotopic (exact) mass is 690 g/mol. The van der Waals surface area contributed by atoms with Crippen LogP contribution in [0.4, 0.5) is 4.79 Å². The van der Waals surface area contributed by atoms with Gasteiger partial charge in [-0.15, -0.1) is 0 Å². The van der Waals surface area contributed by atoms with Crippen LogP contribution in [-0.4, -0.2) is 5.27 Å². The molecule has 0 aliphatic carbocycles. The van der Waals surface area contributed by atoms with Gasteiger partial charge in [0.05, 0.1) is 0 Å². The Kier molecular flexibility index (Phi) is 9.04. The van der Waals surface area contributed by atoms with E-state index in [2.05, 4.69) is 36.4 Å². The van der Waals surface area contributed by atoms with Crippen molar-refractivity contribution in [3.05, 3.63) is 182 Å². The molecule has 6 aromatic rings. The summed E-state index contributed by atoms with van der Waals surface area (Å²) in [4.78, 5) is 16.6. The molecular weight excluding hydrogens is 661 g/mol. The molecule has 0 amide bonds. The van der Waals surface area contributed by atoms with E-state index >= 15 is 4.79 Å². The first kappa shape index (κ1) is 30.2. The predicted molar refractivity (Wildman–Crippen MR) is 182 cm³/mol.